The Bertz CT molecular complexity index is 379. The summed E-state index contributed by atoms with van der Waals surface area (Å²) >= 11 is 0. The largest absolute Gasteiger partial charge is 0.366 e. The molecule has 1 rings (SSSR count). The minimum absolute atomic E-state index is 0.181. The van der Waals surface area contributed by atoms with Gasteiger partial charge in [-0.1, -0.05) is 45.0 Å². The molecule has 0 fully saturated rings. The molecule has 0 saturated heterocycles. The van der Waals surface area contributed by atoms with Crippen molar-refractivity contribution in [3.63, 3.8) is 0 Å². The summed E-state index contributed by atoms with van der Waals surface area (Å²) in [7, 11) is 0. The Morgan fingerprint density at radius 1 is 1.16 bits per heavy atom. The van der Waals surface area contributed by atoms with Crippen molar-refractivity contribution in [2.24, 2.45) is 5.92 Å². The Morgan fingerprint density at radius 3 is 2.26 bits per heavy atom. The second-order valence-electron chi connectivity index (χ2n) is 5.39. The summed E-state index contributed by atoms with van der Waals surface area (Å²) in [5.41, 5.74) is 2.30. The molecule has 0 aliphatic heterocycles. The molecule has 2 nitrogen and oxygen atoms in total. The number of benzene rings is 1. The van der Waals surface area contributed by atoms with Gasteiger partial charge in [-0.05, 0) is 36.8 Å². The zero-order valence-corrected chi connectivity index (χ0v) is 12.6. The molecule has 0 aliphatic carbocycles. The lowest BCUT2D eigenvalue weighted by molar-refractivity contribution is -0.130. The predicted molar refractivity (Wildman–Crippen MR) is 79.3 cm³/mol. The van der Waals surface area contributed by atoms with Crippen molar-refractivity contribution in [2.75, 3.05) is 6.61 Å². The van der Waals surface area contributed by atoms with Gasteiger partial charge in [0.15, 0.2) is 5.78 Å². The highest BCUT2D eigenvalue weighted by atomic mass is 16.5. The fraction of sp³-hybridized carbons (Fsp3) is 0.588. The van der Waals surface area contributed by atoms with Crippen LogP contribution in [0.2, 0.25) is 0 Å². The van der Waals surface area contributed by atoms with Crippen molar-refractivity contribution in [3.8, 4) is 0 Å². The van der Waals surface area contributed by atoms with E-state index in [1.54, 1.807) is 0 Å². The summed E-state index contributed by atoms with van der Waals surface area (Å²) in [6.45, 7) is 8.93. The summed E-state index contributed by atoms with van der Waals surface area (Å²) in [6.07, 6.45) is 2.13. The maximum Gasteiger partial charge on any atom is 0.166 e. The van der Waals surface area contributed by atoms with Crippen LogP contribution in [0.5, 0.6) is 0 Å². The van der Waals surface area contributed by atoms with E-state index in [4.69, 9.17) is 4.74 Å². The number of hydrogen-bond donors (Lipinski definition) is 0. The molecular weight excluding hydrogens is 236 g/mol. The van der Waals surface area contributed by atoms with Crippen LogP contribution in [-0.4, -0.2) is 12.4 Å². The van der Waals surface area contributed by atoms with E-state index in [-0.39, 0.29) is 5.78 Å². The Morgan fingerprint density at radius 2 is 1.79 bits per heavy atom. The Hall–Kier alpha value is -1.15. The van der Waals surface area contributed by atoms with Crippen LogP contribution in [-0.2, 0) is 16.0 Å². The fourth-order valence-electron chi connectivity index (χ4n) is 2.22. The second-order valence-corrected chi connectivity index (χ2v) is 5.39. The SMILES string of the molecule is CCCC(=O)C(OCC)c1ccc(CC(C)C)cc1. The highest BCUT2D eigenvalue weighted by Gasteiger charge is 2.19. The third-order valence-electron chi connectivity index (χ3n) is 3.05. The molecule has 0 N–H and O–H groups in total. The van der Waals surface area contributed by atoms with Gasteiger partial charge in [0, 0.05) is 13.0 Å². The predicted octanol–water partition coefficient (Wildman–Crippen LogP) is 4.33. The lowest BCUT2D eigenvalue weighted by Crippen LogP contribution is -2.16. The molecule has 0 heterocycles. The zero-order chi connectivity index (χ0) is 14.3. The molecule has 0 radical (unpaired) electrons. The lowest BCUT2D eigenvalue weighted by Gasteiger charge is -2.16. The van der Waals surface area contributed by atoms with Gasteiger partial charge in [0.2, 0.25) is 0 Å². The van der Waals surface area contributed by atoms with E-state index in [1.165, 1.54) is 5.56 Å². The summed E-state index contributed by atoms with van der Waals surface area (Å²) in [6, 6.07) is 8.29. The number of carbonyl (C=O) groups excluding carboxylic acids is 1. The van der Waals surface area contributed by atoms with Crippen LogP contribution in [0.3, 0.4) is 0 Å². The van der Waals surface area contributed by atoms with Gasteiger partial charge in [0.1, 0.15) is 6.10 Å². The van der Waals surface area contributed by atoms with Crippen LogP contribution in [0.15, 0.2) is 24.3 Å². The first-order chi connectivity index (χ1) is 9.08. The van der Waals surface area contributed by atoms with Gasteiger partial charge >= 0.3 is 0 Å². The Labute approximate surface area is 117 Å². The van der Waals surface area contributed by atoms with E-state index < -0.39 is 6.10 Å². The molecule has 19 heavy (non-hydrogen) atoms. The smallest absolute Gasteiger partial charge is 0.166 e. The van der Waals surface area contributed by atoms with Crippen LogP contribution in [0.1, 0.15) is 57.8 Å². The van der Waals surface area contributed by atoms with Gasteiger partial charge in [0.05, 0.1) is 0 Å². The monoisotopic (exact) mass is 262 g/mol. The van der Waals surface area contributed by atoms with Crippen molar-refractivity contribution in [1.82, 2.24) is 0 Å². The average molecular weight is 262 g/mol. The minimum atomic E-state index is -0.391. The maximum absolute atomic E-state index is 12.1. The lowest BCUT2D eigenvalue weighted by atomic mass is 9.98. The van der Waals surface area contributed by atoms with E-state index in [0.717, 1.165) is 18.4 Å². The topological polar surface area (TPSA) is 26.3 Å². The number of ether oxygens (including phenoxy) is 1. The molecular formula is C17H26O2. The Balaban J connectivity index is 2.81. The van der Waals surface area contributed by atoms with Crippen LogP contribution >= 0.6 is 0 Å². The van der Waals surface area contributed by atoms with Crippen LogP contribution in [0.4, 0.5) is 0 Å². The second kappa shape index (κ2) is 8.11. The summed E-state index contributed by atoms with van der Waals surface area (Å²) in [5.74, 6) is 0.830. The molecule has 2 heteroatoms. The molecule has 0 aliphatic rings. The number of carbonyl (C=O) groups is 1. The van der Waals surface area contributed by atoms with Gasteiger partial charge in [-0.3, -0.25) is 4.79 Å². The first kappa shape index (κ1) is 15.9. The zero-order valence-electron chi connectivity index (χ0n) is 12.6. The van der Waals surface area contributed by atoms with Gasteiger partial charge in [-0.25, -0.2) is 0 Å². The van der Waals surface area contributed by atoms with Crippen LogP contribution < -0.4 is 0 Å². The van der Waals surface area contributed by atoms with Gasteiger partial charge < -0.3 is 4.74 Å². The van der Waals surface area contributed by atoms with Crippen molar-refractivity contribution >= 4 is 5.78 Å². The molecule has 1 unspecified atom stereocenters. The highest BCUT2D eigenvalue weighted by Crippen LogP contribution is 2.22. The molecule has 1 aromatic carbocycles. The number of hydrogen-bond acceptors (Lipinski definition) is 2. The molecule has 0 saturated carbocycles. The number of ketones is 1. The summed E-state index contributed by atoms with van der Waals surface area (Å²) in [4.78, 5) is 12.1. The molecule has 0 aromatic heterocycles. The third-order valence-corrected chi connectivity index (χ3v) is 3.05. The van der Waals surface area contributed by atoms with E-state index in [9.17, 15) is 4.79 Å². The molecule has 0 amide bonds. The van der Waals surface area contributed by atoms with Gasteiger partial charge in [-0.2, -0.15) is 0 Å². The first-order valence-electron chi connectivity index (χ1n) is 7.31. The minimum Gasteiger partial charge on any atom is -0.366 e. The van der Waals surface area contributed by atoms with Gasteiger partial charge in [-0.15, -0.1) is 0 Å². The highest BCUT2D eigenvalue weighted by molar-refractivity contribution is 5.84. The van der Waals surface area contributed by atoms with E-state index in [2.05, 4.69) is 26.0 Å². The number of Topliss-reactive ketones (excluding diaryl/α,β-unsaturated/α-hetero) is 1. The van der Waals surface area contributed by atoms with Crippen LogP contribution in [0.25, 0.3) is 0 Å². The van der Waals surface area contributed by atoms with E-state index >= 15 is 0 Å². The molecule has 0 spiro atoms. The maximum atomic E-state index is 12.1. The molecule has 0 bridgehead atoms. The number of rotatable bonds is 8. The summed E-state index contributed by atoms with van der Waals surface area (Å²) in [5, 5.41) is 0. The van der Waals surface area contributed by atoms with Crippen molar-refractivity contribution in [2.45, 2.75) is 53.1 Å². The molecule has 1 atom stereocenters. The van der Waals surface area contributed by atoms with Crippen LogP contribution in [0, 0.1) is 5.92 Å². The van der Waals surface area contributed by atoms with Crippen molar-refractivity contribution in [3.05, 3.63) is 35.4 Å². The van der Waals surface area contributed by atoms with E-state index in [0.29, 0.717) is 18.9 Å². The fourth-order valence-corrected chi connectivity index (χ4v) is 2.22. The first-order valence-corrected chi connectivity index (χ1v) is 7.31. The average Bonchev–Trinajstić information content (AvgIpc) is 2.36. The Kier molecular flexibility index (Phi) is 6.79. The molecule has 106 valence electrons. The van der Waals surface area contributed by atoms with Crippen molar-refractivity contribution in [1.29, 1.82) is 0 Å². The van der Waals surface area contributed by atoms with Crippen molar-refractivity contribution < 1.29 is 9.53 Å². The van der Waals surface area contributed by atoms with E-state index in [1.807, 2.05) is 26.0 Å². The summed E-state index contributed by atoms with van der Waals surface area (Å²) < 4.78 is 5.61. The van der Waals surface area contributed by atoms with Gasteiger partial charge in [0.25, 0.3) is 0 Å². The standard InChI is InChI=1S/C17H26O2/c1-5-7-16(18)17(19-6-2)15-10-8-14(9-11-15)12-13(3)4/h8-11,13,17H,5-7,12H2,1-4H3. The quantitative estimate of drug-likeness (QED) is 0.697. The normalized spacial score (nSPS) is 12.7. The molecule has 1 aromatic rings. The third kappa shape index (κ3) is 5.15.